The molecule has 5 nitrogen and oxygen atoms in total. The van der Waals surface area contributed by atoms with Crippen LogP contribution in [0.25, 0.3) is 10.8 Å². The number of aryl methyl sites for hydroxylation is 1. The molecule has 2 aliphatic heterocycles. The minimum Gasteiger partial charge on any atom is -0.400 e. The Kier molecular flexibility index (Phi) is 5.23. The van der Waals surface area contributed by atoms with E-state index in [1.165, 1.54) is 46.0 Å². The first-order valence-electron chi connectivity index (χ1n) is 11.9. The van der Waals surface area contributed by atoms with Gasteiger partial charge in [0.25, 0.3) is 0 Å². The number of piperidine rings is 1. The highest BCUT2D eigenvalue weighted by Gasteiger charge is 2.56. The molecule has 6 rings (SSSR count). The summed E-state index contributed by atoms with van der Waals surface area (Å²) in [6, 6.07) is 16.9. The quantitative estimate of drug-likeness (QED) is 0.388. The number of carbonyl (C=O) groups excluding carboxylic acids is 2. The topological polar surface area (TPSA) is 55.8 Å². The maximum atomic E-state index is 12.2. The fourth-order valence-electron chi connectivity index (χ4n) is 5.98. The summed E-state index contributed by atoms with van der Waals surface area (Å²) in [4.78, 5) is 27.9. The second-order valence-corrected chi connectivity index (χ2v) is 10.4. The van der Waals surface area contributed by atoms with E-state index in [0.717, 1.165) is 25.9 Å². The molecule has 3 aliphatic rings. The van der Waals surface area contributed by atoms with E-state index in [0.29, 0.717) is 12.3 Å². The van der Waals surface area contributed by atoms with E-state index in [-0.39, 0.29) is 5.92 Å². The number of carbonyl (C=O) groups is 2. The standard InChI is InChI=1S/C27H27NO4S/c29-25-26(30)32-27(31-25)17-20(22-9-3-6-18-5-1-2-8-21(18)22)12-15-28(27)14-11-19-7-4-10-24-23(19)13-16-33-24/h1-3,5-6,8-9,13,16,19-20H,4,7,10-12,14-15,17H2. The van der Waals surface area contributed by atoms with Crippen molar-refractivity contribution in [2.75, 3.05) is 13.1 Å². The summed E-state index contributed by atoms with van der Waals surface area (Å²) < 4.78 is 11.4. The summed E-state index contributed by atoms with van der Waals surface area (Å²) in [7, 11) is 0. The van der Waals surface area contributed by atoms with Gasteiger partial charge in [-0.1, -0.05) is 42.5 Å². The molecule has 1 aromatic heterocycles. The van der Waals surface area contributed by atoms with Gasteiger partial charge in [0.05, 0.1) is 0 Å². The molecule has 0 amide bonds. The first-order chi connectivity index (χ1) is 16.1. The average Bonchev–Trinajstić information content (AvgIpc) is 3.42. The van der Waals surface area contributed by atoms with Gasteiger partial charge < -0.3 is 9.47 Å². The zero-order valence-corrected chi connectivity index (χ0v) is 19.3. The Morgan fingerprint density at radius 3 is 2.67 bits per heavy atom. The number of esters is 2. The van der Waals surface area contributed by atoms with Crippen molar-refractivity contribution in [3.05, 3.63) is 69.9 Å². The predicted octanol–water partition coefficient (Wildman–Crippen LogP) is 5.34. The van der Waals surface area contributed by atoms with E-state index in [9.17, 15) is 9.59 Å². The highest BCUT2D eigenvalue weighted by molar-refractivity contribution is 7.10. The first-order valence-corrected chi connectivity index (χ1v) is 12.8. The molecule has 3 heterocycles. The normalized spacial score (nSPS) is 24.6. The molecule has 0 radical (unpaired) electrons. The van der Waals surface area contributed by atoms with E-state index in [1.807, 2.05) is 17.4 Å². The lowest BCUT2D eigenvalue weighted by Crippen LogP contribution is -2.55. The van der Waals surface area contributed by atoms with Crippen molar-refractivity contribution in [1.29, 1.82) is 0 Å². The van der Waals surface area contributed by atoms with Crippen LogP contribution in [0, 0.1) is 0 Å². The molecule has 170 valence electrons. The molecule has 1 spiro atoms. The lowest BCUT2D eigenvalue weighted by atomic mass is 9.83. The Labute approximate surface area is 197 Å². The van der Waals surface area contributed by atoms with Gasteiger partial charge >= 0.3 is 17.8 Å². The average molecular weight is 462 g/mol. The van der Waals surface area contributed by atoms with E-state index in [1.54, 1.807) is 0 Å². The van der Waals surface area contributed by atoms with Gasteiger partial charge in [-0.25, -0.2) is 14.5 Å². The largest absolute Gasteiger partial charge is 0.421 e. The molecule has 2 aromatic carbocycles. The summed E-state index contributed by atoms with van der Waals surface area (Å²) in [6.45, 7) is 1.46. The molecular weight excluding hydrogens is 434 g/mol. The molecule has 1 aliphatic carbocycles. The Balaban J connectivity index is 1.26. The molecule has 3 aromatic rings. The third kappa shape index (κ3) is 3.65. The maximum Gasteiger partial charge on any atom is 0.421 e. The minimum absolute atomic E-state index is 0.143. The fraction of sp³-hybridized carbons (Fsp3) is 0.407. The van der Waals surface area contributed by atoms with Gasteiger partial charge in [0, 0.05) is 24.4 Å². The van der Waals surface area contributed by atoms with Crippen molar-refractivity contribution in [1.82, 2.24) is 4.90 Å². The summed E-state index contributed by atoms with van der Waals surface area (Å²) in [5.74, 6) is -2.39. The van der Waals surface area contributed by atoms with Gasteiger partial charge in [-0.2, -0.15) is 0 Å². The predicted molar refractivity (Wildman–Crippen MR) is 127 cm³/mol. The Morgan fingerprint density at radius 2 is 1.79 bits per heavy atom. The van der Waals surface area contributed by atoms with Crippen LogP contribution in [0.1, 0.15) is 59.9 Å². The monoisotopic (exact) mass is 461 g/mol. The van der Waals surface area contributed by atoms with Crippen LogP contribution in [0.2, 0.25) is 0 Å². The Hall–Kier alpha value is -2.70. The van der Waals surface area contributed by atoms with Crippen LogP contribution in [0.3, 0.4) is 0 Å². The number of nitrogens with zero attached hydrogens (tertiary/aromatic N) is 1. The number of hydrogen-bond donors (Lipinski definition) is 0. The lowest BCUT2D eigenvalue weighted by molar-refractivity contribution is -0.266. The van der Waals surface area contributed by atoms with Crippen LogP contribution >= 0.6 is 11.3 Å². The first kappa shape index (κ1) is 20.9. The fourth-order valence-corrected chi connectivity index (χ4v) is 6.99. The highest BCUT2D eigenvalue weighted by Crippen LogP contribution is 2.45. The van der Waals surface area contributed by atoms with Crippen LogP contribution in [0.15, 0.2) is 53.9 Å². The van der Waals surface area contributed by atoms with E-state index >= 15 is 0 Å². The van der Waals surface area contributed by atoms with Crippen molar-refractivity contribution >= 4 is 34.0 Å². The van der Waals surface area contributed by atoms with Crippen molar-refractivity contribution in [2.45, 2.75) is 56.3 Å². The Morgan fingerprint density at radius 1 is 0.970 bits per heavy atom. The van der Waals surface area contributed by atoms with Crippen LogP contribution in [-0.2, 0) is 25.5 Å². The minimum atomic E-state index is -1.29. The molecular formula is C27H27NO4S. The van der Waals surface area contributed by atoms with Gasteiger partial charge in [-0.05, 0) is 77.3 Å². The maximum absolute atomic E-state index is 12.2. The Bertz CT molecular complexity index is 1200. The van der Waals surface area contributed by atoms with E-state index in [2.05, 4.69) is 52.7 Å². The lowest BCUT2D eigenvalue weighted by Gasteiger charge is -2.44. The smallest absolute Gasteiger partial charge is 0.400 e. The second-order valence-electron chi connectivity index (χ2n) is 9.41. The molecule has 0 bridgehead atoms. The van der Waals surface area contributed by atoms with Gasteiger partial charge in [0.15, 0.2) is 0 Å². The number of thiophene rings is 1. The van der Waals surface area contributed by atoms with Crippen molar-refractivity contribution in [3.8, 4) is 0 Å². The van der Waals surface area contributed by atoms with Crippen molar-refractivity contribution < 1.29 is 19.1 Å². The number of likely N-dealkylation sites (tertiary alicyclic amines) is 1. The number of rotatable bonds is 4. The number of hydrogen-bond acceptors (Lipinski definition) is 6. The molecule has 2 atom stereocenters. The molecule has 0 N–H and O–H groups in total. The molecule has 2 unspecified atom stereocenters. The SMILES string of the molecule is O=C1OC2(CC(c3cccc4ccccc34)CCN2CCC2CCCc3sccc32)OC1=O. The third-order valence-corrected chi connectivity index (χ3v) is 8.59. The molecule has 0 saturated carbocycles. The van der Waals surface area contributed by atoms with Gasteiger partial charge in [-0.15, -0.1) is 11.3 Å². The van der Waals surface area contributed by atoms with E-state index < -0.39 is 17.8 Å². The van der Waals surface area contributed by atoms with Crippen molar-refractivity contribution in [2.24, 2.45) is 0 Å². The summed E-state index contributed by atoms with van der Waals surface area (Å²) in [6.07, 6.45) is 5.95. The molecule has 33 heavy (non-hydrogen) atoms. The third-order valence-electron chi connectivity index (χ3n) is 7.59. The summed E-state index contributed by atoms with van der Waals surface area (Å²) in [5.41, 5.74) is 2.70. The zero-order chi connectivity index (χ0) is 22.4. The van der Waals surface area contributed by atoms with Gasteiger partial charge in [0.1, 0.15) is 0 Å². The number of fused-ring (bicyclic) bond motifs is 2. The van der Waals surface area contributed by atoms with Crippen molar-refractivity contribution in [3.63, 3.8) is 0 Å². The summed E-state index contributed by atoms with van der Waals surface area (Å²) in [5, 5.41) is 4.59. The second kappa shape index (κ2) is 8.26. The molecule has 2 fully saturated rings. The van der Waals surface area contributed by atoms with Crippen LogP contribution in [0.5, 0.6) is 0 Å². The van der Waals surface area contributed by atoms with Crippen LogP contribution in [-0.4, -0.2) is 35.8 Å². The van der Waals surface area contributed by atoms with Crippen LogP contribution < -0.4 is 0 Å². The molecule has 2 saturated heterocycles. The number of benzene rings is 2. The van der Waals surface area contributed by atoms with E-state index in [4.69, 9.17) is 9.47 Å². The summed E-state index contributed by atoms with van der Waals surface area (Å²) >= 11 is 1.86. The molecule has 6 heteroatoms. The van der Waals surface area contributed by atoms with Gasteiger partial charge in [0.2, 0.25) is 0 Å². The van der Waals surface area contributed by atoms with Crippen LogP contribution in [0.4, 0.5) is 0 Å². The zero-order valence-electron chi connectivity index (χ0n) is 18.5. The van der Waals surface area contributed by atoms with Gasteiger partial charge in [-0.3, -0.25) is 0 Å². The number of ether oxygens (including phenoxy) is 2. The highest BCUT2D eigenvalue weighted by atomic mass is 32.1.